The van der Waals surface area contributed by atoms with Crippen LogP contribution in [0.5, 0.6) is 5.75 Å². The number of halogens is 1. The maximum atomic E-state index is 13.4. The number of rotatable bonds is 5. The summed E-state index contributed by atoms with van der Waals surface area (Å²) in [4.78, 5) is 29.5. The van der Waals surface area contributed by atoms with Crippen molar-refractivity contribution in [1.82, 2.24) is 0 Å². The fraction of sp³-hybridized carbons (Fsp3) is 0.0435. The van der Waals surface area contributed by atoms with Gasteiger partial charge < -0.3 is 4.74 Å². The summed E-state index contributed by atoms with van der Waals surface area (Å²) in [6.45, 7) is 0. The third-order valence-electron chi connectivity index (χ3n) is 4.70. The van der Waals surface area contributed by atoms with Crippen LogP contribution in [-0.2, 0) is 4.79 Å². The number of amides is 1. The van der Waals surface area contributed by atoms with Crippen LogP contribution in [0.2, 0.25) is 0 Å². The van der Waals surface area contributed by atoms with Gasteiger partial charge in [0.15, 0.2) is 0 Å². The number of amidine groups is 1. The number of non-ortho nitro benzene ring substituents is 1. The van der Waals surface area contributed by atoms with Gasteiger partial charge >= 0.3 is 0 Å². The highest BCUT2D eigenvalue weighted by atomic mass is 19.1. The average Bonchev–Trinajstić information content (AvgIpc) is 3.10. The Morgan fingerprint density at radius 3 is 2.23 bits per heavy atom. The van der Waals surface area contributed by atoms with Crippen LogP contribution >= 0.6 is 0 Å². The number of aliphatic imine (C=N–C) groups is 1. The first-order chi connectivity index (χ1) is 15.0. The molecule has 4 rings (SSSR count). The molecule has 1 aliphatic rings. The lowest BCUT2D eigenvalue weighted by atomic mass is 10.1. The number of nitro benzene ring substituents is 1. The van der Waals surface area contributed by atoms with Gasteiger partial charge in [-0.25, -0.2) is 9.38 Å². The van der Waals surface area contributed by atoms with Crippen LogP contribution in [0, 0.1) is 15.9 Å². The van der Waals surface area contributed by atoms with E-state index >= 15 is 0 Å². The van der Waals surface area contributed by atoms with Gasteiger partial charge in [0.25, 0.3) is 11.6 Å². The third kappa shape index (κ3) is 4.04. The van der Waals surface area contributed by atoms with Crippen molar-refractivity contribution in [3.63, 3.8) is 0 Å². The van der Waals surface area contributed by atoms with Crippen molar-refractivity contribution in [1.29, 1.82) is 0 Å². The predicted octanol–water partition coefficient (Wildman–Crippen LogP) is 4.58. The topological polar surface area (TPSA) is 85.0 Å². The molecule has 3 aromatic carbocycles. The Balaban J connectivity index is 1.77. The molecule has 0 unspecified atom stereocenters. The minimum absolute atomic E-state index is 0.0461. The summed E-state index contributed by atoms with van der Waals surface area (Å²) in [6, 6.07) is 18.4. The SMILES string of the molecule is COc1ccc(C2=NC(=Cc3ccc([N+](=O)[O-])cc3)C(=O)N2c2ccc(F)cc2)cc1. The second-order valence-corrected chi connectivity index (χ2v) is 6.66. The zero-order valence-electron chi connectivity index (χ0n) is 16.4. The number of nitrogens with zero attached hydrogens (tertiary/aromatic N) is 3. The van der Waals surface area contributed by atoms with Gasteiger partial charge in [-0.3, -0.25) is 19.8 Å². The number of nitro groups is 1. The minimum Gasteiger partial charge on any atom is -0.497 e. The highest BCUT2D eigenvalue weighted by Gasteiger charge is 2.32. The molecule has 31 heavy (non-hydrogen) atoms. The van der Waals surface area contributed by atoms with E-state index in [1.165, 1.54) is 41.3 Å². The van der Waals surface area contributed by atoms with Gasteiger partial charge in [-0.15, -0.1) is 0 Å². The number of carbonyl (C=O) groups excluding carboxylic acids is 1. The first-order valence-electron chi connectivity index (χ1n) is 9.25. The molecular formula is C23H16FN3O4. The first-order valence-corrected chi connectivity index (χ1v) is 9.25. The highest BCUT2D eigenvalue weighted by molar-refractivity contribution is 6.33. The minimum atomic E-state index is -0.492. The summed E-state index contributed by atoms with van der Waals surface area (Å²) in [6.07, 6.45) is 1.55. The molecule has 1 aliphatic heterocycles. The molecule has 0 N–H and O–H groups in total. The lowest BCUT2D eigenvalue weighted by Gasteiger charge is -2.18. The van der Waals surface area contributed by atoms with E-state index in [9.17, 15) is 19.3 Å². The molecule has 0 spiro atoms. The number of ether oxygens (including phenoxy) is 1. The van der Waals surface area contributed by atoms with Crippen LogP contribution in [0.25, 0.3) is 6.08 Å². The van der Waals surface area contributed by atoms with E-state index in [1.807, 2.05) is 0 Å². The van der Waals surface area contributed by atoms with Crippen LogP contribution < -0.4 is 9.64 Å². The van der Waals surface area contributed by atoms with Crippen molar-refractivity contribution in [2.75, 3.05) is 12.0 Å². The van der Waals surface area contributed by atoms with Gasteiger partial charge in [-0.05, 0) is 72.3 Å². The van der Waals surface area contributed by atoms with Crippen molar-refractivity contribution in [3.05, 3.63) is 106 Å². The predicted molar refractivity (Wildman–Crippen MR) is 114 cm³/mol. The van der Waals surface area contributed by atoms with Crippen LogP contribution in [0.4, 0.5) is 15.8 Å². The number of benzene rings is 3. The summed E-state index contributed by atoms with van der Waals surface area (Å²) in [5, 5.41) is 10.9. The first kappa shape index (κ1) is 20.0. The number of hydrogen-bond acceptors (Lipinski definition) is 5. The van der Waals surface area contributed by atoms with Crippen molar-refractivity contribution < 1.29 is 18.8 Å². The smallest absolute Gasteiger partial charge is 0.282 e. The molecule has 8 heteroatoms. The molecular weight excluding hydrogens is 401 g/mol. The molecule has 0 bridgehead atoms. The van der Waals surface area contributed by atoms with Crippen LogP contribution in [-0.4, -0.2) is 23.8 Å². The molecule has 7 nitrogen and oxygen atoms in total. The summed E-state index contributed by atoms with van der Waals surface area (Å²) >= 11 is 0. The monoisotopic (exact) mass is 417 g/mol. The van der Waals surface area contributed by atoms with E-state index < -0.39 is 16.6 Å². The zero-order chi connectivity index (χ0) is 22.0. The summed E-state index contributed by atoms with van der Waals surface area (Å²) in [5.74, 6) is 0.229. The van der Waals surface area contributed by atoms with Gasteiger partial charge in [-0.2, -0.15) is 0 Å². The van der Waals surface area contributed by atoms with E-state index in [-0.39, 0.29) is 11.4 Å². The molecule has 0 saturated carbocycles. The second-order valence-electron chi connectivity index (χ2n) is 6.66. The van der Waals surface area contributed by atoms with E-state index in [0.29, 0.717) is 28.4 Å². The number of methoxy groups -OCH3 is 1. The number of hydrogen-bond donors (Lipinski definition) is 0. The van der Waals surface area contributed by atoms with Gasteiger partial charge in [0.05, 0.1) is 17.7 Å². The van der Waals surface area contributed by atoms with Gasteiger partial charge in [0, 0.05) is 17.7 Å². The van der Waals surface area contributed by atoms with E-state index in [0.717, 1.165) is 0 Å². The Labute approximate surface area is 176 Å². The van der Waals surface area contributed by atoms with Crippen molar-refractivity contribution in [2.24, 2.45) is 4.99 Å². The summed E-state index contributed by atoms with van der Waals surface area (Å²) in [5.41, 5.74) is 1.84. The Bertz CT molecular complexity index is 1200. The molecule has 0 atom stereocenters. The standard InChI is InChI=1S/C23H16FN3O4/c1-31-20-12-4-16(5-13-20)22-25-21(14-15-2-8-19(9-3-15)27(29)30)23(28)26(22)18-10-6-17(24)7-11-18/h2-14H,1H3. The fourth-order valence-corrected chi connectivity index (χ4v) is 3.13. The molecule has 154 valence electrons. The van der Waals surface area contributed by atoms with Crippen molar-refractivity contribution in [2.45, 2.75) is 0 Å². The van der Waals surface area contributed by atoms with E-state index in [1.54, 1.807) is 49.6 Å². The molecule has 1 heterocycles. The average molecular weight is 417 g/mol. The molecule has 1 amide bonds. The summed E-state index contributed by atoms with van der Waals surface area (Å²) < 4.78 is 18.6. The molecule has 3 aromatic rings. The third-order valence-corrected chi connectivity index (χ3v) is 4.70. The fourth-order valence-electron chi connectivity index (χ4n) is 3.13. The van der Waals surface area contributed by atoms with Crippen molar-refractivity contribution in [3.8, 4) is 5.75 Å². The Kier molecular flexibility index (Phi) is 5.28. The Morgan fingerprint density at radius 1 is 1.00 bits per heavy atom. The maximum Gasteiger partial charge on any atom is 0.282 e. The Morgan fingerprint density at radius 2 is 1.65 bits per heavy atom. The molecule has 0 aromatic heterocycles. The van der Waals surface area contributed by atoms with Gasteiger partial charge in [-0.1, -0.05) is 0 Å². The van der Waals surface area contributed by atoms with Gasteiger partial charge in [0.2, 0.25) is 0 Å². The normalized spacial score (nSPS) is 14.6. The molecule has 0 fully saturated rings. The molecule has 0 saturated heterocycles. The Hall–Kier alpha value is -4.33. The number of anilines is 1. The lowest BCUT2D eigenvalue weighted by Crippen LogP contribution is -2.32. The maximum absolute atomic E-state index is 13.4. The quantitative estimate of drug-likeness (QED) is 0.346. The van der Waals surface area contributed by atoms with Gasteiger partial charge in [0.1, 0.15) is 23.1 Å². The number of carbonyl (C=O) groups is 1. The molecule has 0 radical (unpaired) electrons. The van der Waals surface area contributed by atoms with Crippen molar-refractivity contribution >= 4 is 29.2 Å². The van der Waals surface area contributed by atoms with Crippen LogP contribution in [0.1, 0.15) is 11.1 Å². The van der Waals surface area contributed by atoms with Crippen LogP contribution in [0.15, 0.2) is 83.5 Å². The molecule has 0 aliphatic carbocycles. The zero-order valence-corrected chi connectivity index (χ0v) is 16.4. The lowest BCUT2D eigenvalue weighted by molar-refractivity contribution is -0.384. The van der Waals surface area contributed by atoms with E-state index in [2.05, 4.69) is 4.99 Å². The summed E-state index contributed by atoms with van der Waals surface area (Å²) in [7, 11) is 1.56. The van der Waals surface area contributed by atoms with Crippen LogP contribution in [0.3, 0.4) is 0 Å². The highest BCUT2D eigenvalue weighted by Crippen LogP contribution is 2.29. The largest absolute Gasteiger partial charge is 0.497 e. The second kappa shape index (κ2) is 8.19. The van der Waals surface area contributed by atoms with E-state index in [4.69, 9.17) is 4.74 Å².